The van der Waals surface area contributed by atoms with Crippen LogP contribution in [0.2, 0.25) is 0 Å². The number of nitrogens with one attached hydrogen (secondary N) is 2. The van der Waals surface area contributed by atoms with Crippen molar-refractivity contribution < 1.29 is 4.79 Å². The van der Waals surface area contributed by atoms with Crippen LogP contribution in [0.5, 0.6) is 0 Å². The number of benzene rings is 1. The third-order valence-electron chi connectivity index (χ3n) is 4.63. The highest BCUT2D eigenvalue weighted by Gasteiger charge is 2.34. The van der Waals surface area contributed by atoms with Crippen LogP contribution in [0.15, 0.2) is 60.3 Å². The van der Waals surface area contributed by atoms with E-state index in [0.717, 1.165) is 23.4 Å². The molecule has 0 fully saturated rings. The molecular weight excluding hydrogens is 342 g/mol. The number of anilines is 1. The first-order valence-electron chi connectivity index (χ1n) is 8.89. The average Bonchev–Trinajstić information content (AvgIpc) is 3.35. The van der Waals surface area contributed by atoms with Crippen molar-refractivity contribution in [2.24, 2.45) is 0 Å². The Morgan fingerprint density at radius 3 is 2.81 bits per heavy atom. The fourth-order valence-corrected chi connectivity index (χ4v) is 3.26. The van der Waals surface area contributed by atoms with E-state index in [9.17, 15) is 4.79 Å². The van der Waals surface area contributed by atoms with E-state index >= 15 is 0 Å². The van der Waals surface area contributed by atoms with Gasteiger partial charge in [-0.2, -0.15) is 15.2 Å². The maximum atomic E-state index is 13.1. The van der Waals surface area contributed by atoms with E-state index in [-0.39, 0.29) is 11.9 Å². The van der Waals surface area contributed by atoms with Gasteiger partial charge in [0.1, 0.15) is 12.4 Å². The van der Waals surface area contributed by atoms with Crippen LogP contribution in [0.3, 0.4) is 0 Å². The Kier molecular flexibility index (Phi) is 4.45. The standard InChI is InChI=1S/C19H21N7O/c1-3-25-11-15(10-22-25)17-16(13(2)24-19-21-12-23-26(17)19)18(27)20-9-14-7-5-4-6-8-14/h4-8,10-12,17H,3,9H2,1-2H3,(H,20,27)(H,21,23,24). The van der Waals surface area contributed by atoms with Gasteiger partial charge in [0.15, 0.2) is 0 Å². The van der Waals surface area contributed by atoms with Crippen molar-refractivity contribution in [2.45, 2.75) is 33.0 Å². The van der Waals surface area contributed by atoms with Crippen LogP contribution in [-0.2, 0) is 17.9 Å². The SMILES string of the molecule is CCn1cc(C2C(C(=O)NCc3ccccc3)=C(C)Nc3ncnn32)cn1. The maximum absolute atomic E-state index is 13.1. The number of allylic oxidation sites excluding steroid dienone is 1. The number of rotatable bonds is 5. The number of aromatic nitrogens is 5. The van der Waals surface area contributed by atoms with Crippen molar-refractivity contribution >= 4 is 11.9 Å². The fourth-order valence-electron chi connectivity index (χ4n) is 3.26. The van der Waals surface area contributed by atoms with E-state index in [4.69, 9.17) is 0 Å². The molecule has 0 spiro atoms. The Bertz CT molecular complexity index is 986. The van der Waals surface area contributed by atoms with Gasteiger partial charge >= 0.3 is 0 Å². The van der Waals surface area contributed by atoms with Crippen LogP contribution in [0.25, 0.3) is 0 Å². The number of hydrogen-bond acceptors (Lipinski definition) is 5. The summed E-state index contributed by atoms with van der Waals surface area (Å²) in [6, 6.07) is 9.46. The zero-order valence-electron chi connectivity index (χ0n) is 15.3. The number of fused-ring (bicyclic) bond motifs is 1. The molecule has 3 heterocycles. The van der Waals surface area contributed by atoms with Crippen molar-refractivity contribution in [3.8, 4) is 0 Å². The van der Waals surface area contributed by atoms with Gasteiger partial charge < -0.3 is 10.6 Å². The molecule has 138 valence electrons. The van der Waals surface area contributed by atoms with Gasteiger partial charge in [0, 0.05) is 30.5 Å². The molecule has 1 aliphatic rings. The van der Waals surface area contributed by atoms with Crippen LogP contribution in [-0.4, -0.2) is 30.5 Å². The quantitative estimate of drug-likeness (QED) is 0.725. The molecule has 1 aliphatic heterocycles. The zero-order chi connectivity index (χ0) is 18.8. The van der Waals surface area contributed by atoms with Gasteiger partial charge in [0.25, 0.3) is 5.91 Å². The first-order valence-corrected chi connectivity index (χ1v) is 8.89. The Morgan fingerprint density at radius 1 is 1.26 bits per heavy atom. The highest BCUT2D eigenvalue weighted by Crippen LogP contribution is 2.34. The highest BCUT2D eigenvalue weighted by molar-refractivity contribution is 5.96. The van der Waals surface area contributed by atoms with Gasteiger partial charge in [-0.1, -0.05) is 30.3 Å². The fraction of sp³-hybridized carbons (Fsp3) is 0.263. The van der Waals surface area contributed by atoms with Crippen LogP contribution in [0.4, 0.5) is 5.95 Å². The molecule has 27 heavy (non-hydrogen) atoms. The largest absolute Gasteiger partial charge is 0.348 e. The van der Waals surface area contributed by atoms with E-state index in [1.165, 1.54) is 6.33 Å². The molecule has 1 atom stereocenters. The molecule has 0 radical (unpaired) electrons. The maximum Gasteiger partial charge on any atom is 0.251 e. The van der Waals surface area contributed by atoms with Gasteiger partial charge in [-0.25, -0.2) is 4.68 Å². The van der Waals surface area contributed by atoms with E-state index in [2.05, 4.69) is 25.8 Å². The number of carbonyl (C=O) groups excluding carboxylic acids is 1. The van der Waals surface area contributed by atoms with Gasteiger partial charge in [0.2, 0.25) is 5.95 Å². The summed E-state index contributed by atoms with van der Waals surface area (Å²) < 4.78 is 3.56. The van der Waals surface area contributed by atoms with Crippen molar-refractivity contribution in [3.05, 3.63) is 71.4 Å². The summed E-state index contributed by atoms with van der Waals surface area (Å²) in [6.45, 7) is 5.12. The van der Waals surface area contributed by atoms with Gasteiger partial charge in [0.05, 0.1) is 11.8 Å². The van der Waals surface area contributed by atoms with E-state index in [1.54, 1.807) is 10.9 Å². The number of carbonyl (C=O) groups is 1. The summed E-state index contributed by atoms with van der Waals surface area (Å²) in [7, 11) is 0. The summed E-state index contributed by atoms with van der Waals surface area (Å²) in [5.74, 6) is 0.473. The predicted molar refractivity (Wildman–Crippen MR) is 101 cm³/mol. The molecule has 1 aromatic carbocycles. The minimum Gasteiger partial charge on any atom is -0.348 e. The normalized spacial score (nSPS) is 16.0. The lowest BCUT2D eigenvalue weighted by molar-refractivity contribution is -0.118. The molecule has 0 saturated heterocycles. The molecular formula is C19H21N7O. The zero-order valence-corrected chi connectivity index (χ0v) is 15.3. The number of nitrogens with zero attached hydrogens (tertiary/aromatic N) is 5. The average molecular weight is 363 g/mol. The molecule has 8 heteroatoms. The van der Waals surface area contributed by atoms with Gasteiger partial charge in [-0.15, -0.1) is 0 Å². The van der Waals surface area contributed by atoms with Crippen LogP contribution in [0, 0.1) is 0 Å². The van der Waals surface area contributed by atoms with E-state index in [0.29, 0.717) is 18.1 Å². The van der Waals surface area contributed by atoms with E-state index in [1.807, 2.05) is 55.1 Å². The second-order valence-corrected chi connectivity index (χ2v) is 6.39. The van der Waals surface area contributed by atoms with Crippen LogP contribution in [0.1, 0.15) is 31.0 Å². The second-order valence-electron chi connectivity index (χ2n) is 6.39. The molecule has 8 nitrogen and oxygen atoms in total. The summed E-state index contributed by atoms with van der Waals surface area (Å²) in [5.41, 5.74) is 3.31. The summed E-state index contributed by atoms with van der Waals surface area (Å²) in [6.07, 6.45) is 5.21. The molecule has 0 aliphatic carbocycles. The number of aryl methyl sites for hydroxylation is 1. The van der Waals surface area contributed by atoms with Crippen molar-refractivity contribution in [1.29, 1.82) is 0 Å². The van der Waals surface area contributed by atoms with Crippen molar-refractivity contribution in [3.63, 3.8) is 0 Å². The molecule has 0 bridgehead atoms. The smallest absolute Gasteiger partial charge is 0.251 e. The van der Waals surface area contributed by atoms with Crippen molar-refractivity contribution in [2.75, 3.05) is 5.32 Å². The molecule has 1 unspecified atom stereocenters. The van der Waals surface area contributed by atoms with Gasteiger partial charge in [-0.05, 0) is 19.4 Å². The summed E-state index contributed by atoms with van der Waals surface area (Å²) in [4.78, 5) is 17.3. The van der Waals surface area contributed by atoms with Crippen LogP contribution >= 0.6 is 0 Å². The Balaban J connectivity index is 1.66. The topological polar surface area (TPSA) is 89.7 Å². The Labute approximate surface area is 156 Å². The predicted octanol–water partition coefficient (Wildman–Crippen LogP) is 2.10. The van der Waals surface area contributed by atoms with Crippen molar-refractivity contribution in [1.82, 2.24) is 29.9 Å². The lowest BCUT2D eigenvalue weighted by atomic mass is 9.97. The molecule has 1 amide bonds. The van der Waals surface area contributed by atoms with Gasteiger partial charge in [-0.3, -0.25) is 9.48 Å². The minimum atomic E-state index is -0.375. The highest BCUT2D eigenvalue weighted by atomic mass is 16.1. The first-order chi connectivity index (χ1) is 13.2. The Morgan fingerprint density at radius 2 is 2.07 bits per heavy atom. The second kappa shape index (κ2) is 7.06. The van der Waals surface area contributed by atoms with Crippen LogP contribution < -0.4 is 10.6 Å². The lowest BCUT2D eigenvalue weighted by Crippen LogP contribution is -2.34. The third-order valence-corrected chi connectivity index (χ3v) is 4.63. The number of hydrogen-bond donors (Lipinski definition) is 2. The molecule has 2 aromatic heterocycles. The third kappa shape index (κ3) is 3.21. The molecule has 4 rings (SSSR count). The first kappa shape index (κ1) is 17.0. The lowest BCUT2D eigenvalue weighted by Gasteiger charge is -2.27. The summed E-state index contributed by atoms with van der Waals surface area (Å²) >= 11 is 0. The van der Waals surface area contributed by atoms with E-state index < -0.39 is 0 Å². The summed E-state index contributed by atoms with van der Waals surface area (Å²) in [5, 5.41) is 14.9. The molecule has 2 N–H and O–H groups in total. The molecule has 0 saturated carbocycles. The minimum absolute atomic E-state index is 0.140. The molecule has 3 aromatic rings. The number of amides is 1. The monoisotopic (exact) mass is 363 g/mol. The Hall–Kier alpha value is -3.42.